The van der Waals surface area contributed by atoms with E-state index in [1.54, 1.807) is 0 Å². The summed E-state index contributed by atoms with van der Waals surface area (Å²) in [5.41, 5.74) is -0.714. The topological polar surface area (TPSA) is 0 Å². The smallest absolute Gasteiger partial charge is 0.166 e. The van der Waals surface area contributed by atoms with Gasteiger partial charge in [-0.1, -0.05) is 22.4 Å². The highest BCUT2D eigenvalue weighted by Crippen LogP contribution is 2.36. The van der Waals surface area contributed by atoms with Crippen LogP contribution in [0.4, 0.5) is 13.2 Å². The number of hydrogen-bond donors (Lipinski definition) is 1. The summed E-state index contributed by atoms with van der Waals surface area (Å²) in [4.78, 5) is 0.305. The largest absolute Gasteiger partial charge is 0.416 e. The molecule has 0 nitrogen and oxygen atoms in total. The summed E-state index contributed by atoms with van der Waals surface area (Å²) < 4.78 is 36.5. The highest BCUT2D eigenvalue weighted by molar-refractivity contribution is 8.68. The third-order valence-electron chi connectivity index (χ3n) is 1.36. The van der Waals surface area contributed by atoms with Gasteiger partial charge in [-0.25, -0.2) is 0 Å². The van der Waals surface area contributed by atoms with Crippen molar-refractivity contribution in [2.45, 2.75) is 11.1 Å². The molecule has 0 spiro atoms. The van der Waals surface area contributed by atoms with E-state index >= 15 is 0 Å². The van der Waals surface area contributed by atoms with Crippen molar-refractivity contribution >= 4 is 34.1 Å². The summed E-state index contributed by atoms with van der Waals surface area (Å²) in [6.07, 6.45) is -4.33. The van der Waals surface area contributed by atoms with Gasteiger partial charge in [-0.2, -0.15) is 13.2 Å². The molecule has 13 heavy (non-hydrogen) atoms. The van der Waals surface area contributed by atoms with Crippen molar-refractivity contribution < 1.29 is 13.2 Å². The highest BCUT2D eigenvalue weighted by Gasteiger charge is 2.30. The lowest BCUT2D eigenvalue weighted by Gasteiger charge is -2.08. The Morgan fingerprint density at radius 1 is 1.31 bits per heavy atom. The van der Waals surface area contributed by atoms with E-state index in [0.717, 1.165) is 22.9 Å². The molecule has 0 bridgehead atoms. The van der Waals surface area contributed by atoms with Crippen LogP contribution in [0.25, 0.3) is 0 Å². The molecule has 0 aliphatic rings. The Hall–Kier alpha value is -0.000000000000000111. The fourth-order valence-electron chi connectivity index (χ4n) is 0.750. The van der Waals surface area contributed by atoms with Gasteiger partial charge in [-0.15, -0.1) is 11.7 Å². The van der Waals surface area contributed by atoms with Crippen molar-refractivity contribution in [3.05, 3.63) is 28.8 Å². The molecule has 0 atom stereocenters. The van der Waals surface area contributed by atoms with Crippen LogP contribution in [0.15, 0.2) is 23.1 Å². The van der Waals surface area contributed by atoms with Crippen molar-refractivity contribution in [1.29, 1.82) is 0 Å². The van der Waals surface area contributed by atoms with Crippen molar-refractivity contribution in [2.75, 3.05) is 0 Å². The monoisotopic (exact) mass is 244 g/mol. The number of hydrogen-bond acceptors (Lipinski definition) is 2. The molecule has 72 valence electrons. The second-order valence-electron chi connectivity index (χ2n) is 2.23. The van der Waals surface area contributed by atoms with Crippen molar-refractivity contribution in [1.82, 2.24) is 0 Å². The third-order valence-corrected chi connectivity index (χ3v) is 2.92. The molecule has 0 saturated carbocycles. The molecular formula is C7H4ClF3S2. The zero-order chi connectivity index (χ0) is 10.1. The maximum Gasteiger partial charge on any atom is 0.416 e. The normalized spacial score (nSPS) is 11.8. The lowest BCUT2D eigenvalue weighted by atomic mass is 10.2. The van der Waals surface area contributed by atoms with Gasteiger partial charge in [0, 0.05) is 4.90 Å². The van der Waals surface area contributed by atoms with Crippen LogP contribution in [0.1, 0.15) is 5.56 Å². The van der Waals surface area contributed by atoms with Gasteiger partial charge in [0.25, 0.3) is 0 Å². The molecule has 0 unspecified atom stereocenters. The van der Waals surface area contributed by atoms with Gasteiger partial charge in [-0.05, 0) is 18.2 Å². The van der Waals surface area contributed by atoms with Crippen LogP contribution < -0.4 is 0 Å². The van der Waals surface area contributed by atoms with E-state index in [-0.39, 0.29) is 5.02 Å². The van der Waals surface area contributed by atoms with E-state index in [0.29, 0.717) is 4.90 Å². The second kappa shape index (κ2) is 4.02. The Labute approximate surface area is 87.3 Å². The average Bonchev–Trinajstić information content (AvgIpc) is 2.03. The second-order valence-corrected chi connectivity index (χ2v) is 3.81. The van der Waals surface area contributed by atoms with Gasteiger partial charge >= 0.3 is 6.18 Å². The summed E-state index contributed by atoms with van der Waals surface area (Å²) in [5, 5.41) is 0.271. The van der Waals surface area contributed by atoms with Gasteiger partial charge in [0.15, 0.2) is 0 Å². The molecule has 0 N–H and O–H groups in total. The van der Waals surface area contributed by atoms with Crippen LogP contribution in [-0.2, 0) is 6.18 Å². The van der Waals surface area contributed by atoms with Crippen molar-refractivity contribution in [3.8, 4) is 0 Å². The number of thiol groups is 1. The van der Waals surface area contributed by atoms with Gasteiger partial charge in [0.05, 0.1) is 10.6 Å². The third kappa shape index (κ3) is 2.72. The number of halogens is 4. The molecule has 0 radical (unpaired) electrons. The van der Waals surface area contributed by atoms with Gasteiger partial charge in [0.1, 0.15) is 0 Å². The summed E-state index contributed by atoms with van der Waals surface area (Å²) >= 11 is 9.40. The first-order valence-electron chi connectivity index (χ1n) is 3.13. The SMILES string of the molecule is FC(F)(F)c1ccc(Cl)c(SS)c1. The molecule has 0 aromatic heterocycles. The van der Waals surface area contributed by atoms with Crippen LogP contribution in [-0.4, -0.2) is 0 Å². The molecule has 0 fully saturated rings. The molecule has 0 heterocycles. The minimum absolute atomic E-state index is 0.271. The lowest BCUT2D eigenvalue weighted by molar-refractivity contribution is -0.137. The van der Waals surface area contributed by atoms with Crippen LogP contribution in [0.5, 0.6) is 0 Å². The van der Waals surface area contributed by atoms with Crippen LogP contribution in [0.2, 0.25) is 5.02 Å². The fourth-order valence-corrected chi connectivity index (χ4v) is 1.93. The maximum atomic E-state index is 12.2. The Kier molecular flexibility index (Phi) is 3.43. The predicted octanol–water partition coefficient (Wildman–Crippen LogP) is 4.30. The molecule has 0 amide bonds. The Bertz CT molecular complexity index is 311. The summed E-state index contributed by atoms with van der Waals surface area (Å²) in [7, 11) is 0.888. The summed E-state index contributed by atoms with van der Waals surface area (Å²) in [5.74, 6) is 0. The Balaban J connectivity index is 3.14. The number of alkyl halides is 3. The summed E-state index contributed by atoms with van der Waals surface area (Å²) in [6.45, 7) is 0. The molecule has 6 heteroatoms. The van der Waals surface area contributed by atoms with Gasteiger partial charge in [0.2, 0.25) is 0 Å². The predicted molar refractivity (Wildman–Crippen MR) is 51.3 cm³/mol. The first-order valence-corrected chi connectivity index (χ1v) is 5.38. The maximum absolute atomic E-state index is 12.2. The minimum atomic E-state index is -4.33. The molecule has 1 rings (SSSR count). The molecule has 0 saturated heterocycles. The van der Waals surface area contributed by atoms with E-state index in [2.05, 4.69) is 11.7 Å². The molecule has 0 aliphatic carbocycles. The standard InChI is InChI=1S/C7H4ClF3S2/c8-5-2-1-4(7(9,10)11)3-6(5)13-12/h1-3,12H. The fraction of sp³-hybridized carbons (Fsp3) is 0.143. The first-order chi connectivity index (χ1) is 5.95. The van der Waals surface area contributed by atoms with Crippen LogP contribution in [0.3, 0.4) is 0 Å². The van der Waals surface area contributed by atoms with Gasteiger partial charge in [-0.3, -0.25) is 0 Å². The van der Waals surface area contributed by atoms with Crippen molar-refractivity contribution in [3.63, 3.8) is 0 Å². The molecular weight excluding hydrogens is 241 g/mol. The van der Waals surface area contributed by atoms with E-state index in [9.17, 15) is 13.2 Å². The van der Waals surface area contributed by atoms with Crippen LogP contribution in [0, 0.1) is 0 Å². The van der Waals surface area contributed by atoms with E-state index in [1.165, 1.54) is 6.07 Å². The van der Waals surface area contributed by atoms with E-state index in [1.807, 2.05) is 0 Å². The van der Waals surface area contributed by atoms with E-state index < -0.39 is 11.7 Å². The van der Waals surface area contributed by atoms with Gasteiger partial charge < -0.3 is 0 Å². The molecule has 1 aromatic rings. The minimum Gasteiger partial charge on any atom is -0.166 e. The number of rotatable bonds is 1. The van der Waals surface area contributed by atoms with E-state index in [4.69, 9.17) is 11.6 Å². The van der Waals surface area contributed by atoms with Crippen molar-refractivity contribution in [2.24, 2.45) is 0 Å². The first kappa shape index (κ1) is 11.1. The Morgan fingerprint density at radius 2 is 1.92 bits per heavy atom. The quantitative estimate of drug-likeness (QED) is 0.568. The zero-order valence-electron chi connectivity index (χ0n) is 6.10. The number of benzene rings is 1. The Morgan fingerprint density at radius 3 is 2.38 bits per heavy atom. The average molecular weight is 245 g/mol. The summed E-state index contributed by atoms with van der Waals surface area (Å²) in [6, 6.07) is 3.12. The zero-order valence-corrected chi connectivity index (χ0v) is 8.57. The highest BCUT2D eigenvalue weighted by atomic mass is 35.5. The molecule has 0 aliphatic heterocycles. The molecule has 1 aromatic carbocycles. The van der Waals surface area contributed by atoms with Crippen LogP contribution >= 0.6 is 34.1 Å². The lowest BCUT2D eigenvalue weighted by Crippen LogP contribution is -2.04.